The molecule has 5 heteroatoms. The summed E-state index contributed by atoms with van der Waals surface area (Å²) in [5.41, 5.74) is 1.93. The third-order valence-electron chi connectivity index (χ3n) is 3.83. The monoisotopic (exact) mass is 333 g/mol. The lowest BCUT2D eigenvalue weighted by Gasteiger charge is -2.20. The molecule has 2 aromatic carbocycles. The summed E-state index contributed by atoms with van der Waals surface area (Å²) in [5, 5.41) is 13.7. The van der Waals surface area contributed by atoms with Gasteiger partial charge in [0.25, 0.3) is 0 Å². The summed E-state index contributed by atoms with van der Waals surface area (Å²) in [7, 11) is -3.20. The lowest BCUT2D eigenvalue weighted by atomic mass is 9.97. The maximum atomic E-state index is 11.5. The number of benzene rings is 2. The highest BCUT2D eigenvalue weighted by molar-refractivity contribution is 7.90. The second-order valence-corrected chi connectivity index (χ2v) is 7.90. The second kappa shape index (κ2) is 7.73. The van der Waals surface area contributed by atoms with Gasteiger partial charge in [0.05, 0.1) is 11.0 Å². The number of rotatable bonds is 7. The van der Waals surface area contributed by atoms with Crippen LogP contribution in [0.5, 0.6) is 0 Å². The Balaban J connectivity index is 1.90. The second-order valence-electron chi connectivity index (χ2n) is 5.88. The lowest BCUT2D eigenvalue weighted by Crippen LogP contribution is -2.25. The first-order valence-electron chi connectivity index (χ1n) is 7.60. The Morgan fingerprint density at radius 2 is 1.65 bits per heavy atom. The summed E-state index contributed by atoms with van der Waals surface area (Å²) in [5.74, 6) is 0.0165. The molecule has 0 radical (unpaired) electrons. The first-order valence-corrected chi connectivity index (χ1v) is 9.50. The molecule has 2 aromatic rings. The summed E-state index contributed by atoms with van der Waals surface area (Å²) in [6.07, 6.45) is 0.543. The van der Waals surface area contributed by atoms with E-state index >= 15 is 0 Å². The smallest absolute Gasteiger partial charge is 0.175 e. The highest BCUT2D eigenvalue weighted by Crippen LogP contribution is 2.22. The molecule has 0 spiro atoms. The summed E-state index contributed by atoms with van der Waals surface area (Å²) in [6.45, 7) is 3.39. The molecule has 124 valence electrons. The fourth-order valence-electron chi connectivity index (χ4n) is 2.39. The van der Waals surface area contributed by atoms with Crippen molar-refractivity contribution in [1.29, 1.82) is 0 Å². The molecule has 2 atom stereocenters. The van der Waals surface area contributed by atoms with Gasteiger partial charge in [-0.25, -0.2) is 8.42 Å². The van der Waals surface area contributed by atoms with Gasteiger partial charge in [-0.05, 0) is 29.2 Å². The van der Waals surface area contributed by atoms with Crippen LogP contribution in [0.3, 0.4) is 0 Å². The van der Waals surface area contributed by atoms with Gasteiger partial charge in [0.15, 0.2) is 9.84 Å². The number of hydrogen-bond donors (Lipinski definition) is 2. The van der Waals surface area contributed by atoms with E-state index < -0.39 is 15.9 Å². The average molecular weight is 333 g/mol. The predicted octanol–water partition coefficient (Wildman–Crippen LogP) is 2.55. The lowest BCUT2D eigenvalue weighted by molar-refractivity contribution is 0.116. The van der Waals surface area contributed by atoms with E-state index in [2.05, 4.69) is 17.4 Å². The molecule has 2 rings (SSSR count). The minimum absolute atomic E-state index is 0.0165. The van der Waals surface area contributed by atoms with Crippen LogP contribution in [0.1, 0.15) is 24.2 Å². The number of sulfone groups is 1. The molecule has 0 saturated heterocycles. The van der Waals surface area contributed by atoms with E-state index in [1.807, 2.05) is 25.1 Å². The summed E-state index contributed by atoms with van der Waals surface area (Å²) >= 11 is 0. The van der Waals surface area contributed by atoms with Crippen molar-refractivity contribution in [2.75, 3.05) is 12.8 Å². The van der Waals surface area contributed by atoms with E-state index in [1.54, 1.807) is 12.1 Å². The minimum Gasteiger partial charge on any atom is -0.388 e. The first-order chi connectivity index (χ1) is 10.9. The normalized spacial score (nSPS) is 14.4. The molecule has 0 aliphatic rings. The number of hydrogen-bond acceptors (Lipinski definition) is 4. The van der Waals surface area contributed by atoms with Gasteiger partial charge < -0.3 is 10.4 Å². The Labute approximate surface area is 138 Å². The molecule has 0 aliphatic carbocycles. The van der Waals surface area contributed by atoms with Crippen LogP contribution in [0.25, 0.3) is 0 Å². The van der Waals surface area contributed by atoms with E-state index in [-0.39, 0.29) is 10.8 Å². The fraction of sp³-hybridized carbons (Fsp3) is 0.333. The van der Waals surface area contributed by atoms with Crippen molar-refractivity contribution in [1.82, 2.24) is 5.32 Å². The van der Waals surface area contributed by atoms with Gasteiger partial charge >= 0.3 is 0 Å². The largest absolute Gasteiger partial charge is 0.388 e. The van der Waals surface area contributed by atoms with Crippen molar-refractivity contribution >= 4 is 9.84 Å². The molecule has 0 heterocycles. The van der Waals surface area contributed by atoms with Crippen LogP contribution in [-0.2, 0) is 16.4 Å². The van der Waals surface area contributed by atoms with Crippen LogP contribution in [0.2, 0.25) is 0 Å². The van der Waals surface area contributed by atoms with Crippen molar-refractivity contribution < 1.29 is 13.5 Å². The number of aliphatic hydroxyl groups excluding tert-OH is 1. The Morgan fingerprint density at radius 1 is 1.04 bits per heavy atom. The van der Waals surface area contributed by atoms with Crippen molar-refractivity contribution in [2.24, 2.45) is 5.92 Å². The molecular weight excluding hydrogens is 310 g/mol. The van der Waals surface area contributed by atoms with E-state index in [4.69, 9.17) is 0 Å². The van der Waals surface area contributed by atoms with Crippen LogP contribution >= 0.6 is 0 Å². The Bertz CT molecular complexity index is 712. The maximum absolute atomic E-state index is 11.5. The van der Waals surface area contributed by atoms with Crippen LogP contribution < -0.4 is 5.32 Å². The Morgan fingerprint density at radius 3 is 2.22 bits per heavy atom. The van der Waals surface area contributed by atoms with E-state index in [1.165, 1.54) is 24.0 Å². The van der Waals surface area contributed by atoms with Gasteiger partial charge in [-0.1, -0.05) is 49.4 Å². The van der Waals surface area contributed by atoms with Crippen molar-refractivity contribution in [3.8, 4) is 0 Å². The summed E-state index contributed by atoms with van der Waals surface area (Å²) < 4.78 is 22.9. The molecule has 2 N–H and O–H groups in total. The van der Waals surface area contributed by atoms with Crippen LogP contribution in [0.4, 0.5) is 0 Å². The topological polar surface area (TPSA) is 66.4 Å². The standard InChI is InChI=1S/C18H23NO3S/c1-14(12-19-13-15-6-4-3-5-7-15)18(20)16-8-10-17(11-9-16)23(2,21)22/h3-11,14,18-20H,12-13H2,1-2H3/t14?,18-/m1/s1. The van der Waals surface area contributed by atoms with E-state index in [9.17, 15) is 13.5 Å². The van der Waals surface area contributed by atoms with Crippen molar-refractivity contribution in [3.05, 3.63) is 65.7 Å². The van der Waals surface area contributed by atoms with Crippen molar-refractivity contribution in [2.45, 2.75) is 24.5 Å². The third-order valence-corrected chi connectivity index (χ3v) is 4.96. The van der Waals surface area contributed by atoms with E-state index in [0.29, 0.717) is 6.54 Å². The van der Waals surface area contributed by atoms with Crippen LogP contribution in [0, 0.1) is 5.92 Å². The molecule has 4 nitrogen and oxygen atoms in total. The molecule has 1 unspecified atom stereocenters. The Kier molecular flexibility index (Phi) is 5.93. The molecule has 0 fully saturated rings. The molecule has 0 saturated carbocycles. The molecule has 0 aliphatic heterocycles. The zero-order valence-electron chi connectivity index (χ0n) is 13.4. The highest BCUT2D eigenvalue weighted by Gasteiger charge is 2.17. The molecular formula is C18H23NO3S. The first kappa shape index (κ1) is 17.7. The molecule has 0 amide bonds. The predicted molar refractivity (Wildman–Crippen MR) is 91.8 cm³/mol. The fourth-order valence-corrected chi connectivity index (χ4v) is 3.02. The molecule has 23 heavy (non-hydrogen) atoms. The zero-order chi connectivity index (χ0) is 16.9. The molecule has 0 aromatic heterocycles. The van der Waals surface area contributed by atoms with Gasteiger partial charge in [0, 0.05) is 19.3 Å². The average Bonchev–Trinajstić information content (AvgIpc) is 2.54. The summed E-state index contributed by atoms with van der Waals surface area (Å²) in [6, 6.07) is 16.5. The van der Waals surface area contributed by atoms with Gasteiger partial charge in [-0.15, -0.1) is 0 Å². The number of aliphatic hydroxyl groups is 1. The minimum atomic E-state index is -3.20. The van der Waals surface area contributed by atoms with Gasteiger partial charge in [0.1, 0.15) is 0 Å². The summed E-state index contributed by atoms with van der Waals surface area (Å²) in [4.78, 5) is 0.267. The quantitative estimate of drug-likeness (QED) is 0.817. The third kappa shape index (κ3) is 5.16. The van der Waals surface area contributed by atoms with E-state index in [0.717, 1.165) is 12.1 Å². The van der Waals surface area contributed by atoms with Crippen LogP contribution in [0.15, 0.2) is 59.5 Å². The Hall–Kier alpha value is -1.69. The van der Waals surface area contributed by atoms with Gasteiger partial charge in [0.2, 0.25) is 0 Å². The maximum Gasteiger partial charge on any atom is 0.175 e. The van der Waals surface area contributed by atoms with Crippen LogP contribution in [-0.4, -0.2) is 26.3 Å². The zero-order valence-corrected chi connectivity index (χ0v) is 14.3. The number of nitrogens with one attached hydrogen (secondary N) is 1. The van der Waals surface area contributed by atoms with Gasteiger partial charge in [-0.3, -0.25) is 0 Å². The molecule has 0 bridgehead atoms. The van der Waals surface area contributed by atoms with Gasteiger partial charge in [-0.2, -0.15) is 0 Å². The SMILES string of the molecule is CC(CNCc1ccccc1)[C@@H](O)c1ccc(S(C)(=O)=O)cc1. The van der Waals surface area contributed by atoms with Crippen molar-refractivity contribution in [3.63, 3.8) is 0 Å². The highest BCUT2D eigenvalue weighted by atomic mass is 32.2.